The van der Waals surface area contributed by atoms with E-state index in [0.717, 1.165) is 0 Å². The van der Waals surface area contributed by atoms with Gasteiger partial charge < -0.3 is 10.8 Å². The number of carbonyl (C=O) groups excluding carboxylic acids is 1. The number of amides is 1. The van der Waals surface area contributed by atoms with Crippen LogP contribution in [0, 0.1) is 18.8 Å². The predicted molar refractivity (Wildman–Crippen MR) is 74.1 cm³/mol. The van der Waals surface area contributed by atoms with Crippen molar-refractivity contribution in [2.24, 2.45) is 5.73 Å². The van der Waals surface area contributed by atoms with E-state index in [1.807, 2.05) is 0 Å². The lowest BCUT2D eigenvalue weighted by atomic mass is 10.1. The lowest BCUT2D eigenvalue weighted by Gasteiger charge is -2.09. The van der Waals surface area contributed by atoms with Crippen LogP contribution in [-0.2, 0) is 14.8 Å². The minimum absolute atomic E-state index is 0.0519. The molecule has 0 aromatic heterocycles. The van der Waals surface area contributed by atoms with E-state index in [1.165, 1.54) is 6.07 Å². The van der Waals surface area contributed by atoms with E-state index < -0.39 is 15.9 Å². The molecule has 0 atom stereocenters. The number of nitrogens with two attached hydrogens (primary N) is 1. The van der Waals surface area contributed by atoms with Gasteiger partial charge in [-0.15, -0.1) is 0 Å². The number of primary amides is 1. The van der Waals surface area contributed by atoms with E-state index in [9.17, 15) is 13.2 Å². The van der Waals surface area contributed by atoms with E-state index in [4.69, 9.17) is 10.8 Å². The number of aryl methyl sites for hydroxylation is 1. The largest absolute Gasteiger partial charge is 0.384 e. The molecule has 20 heavy (non-hydrogen) atoms. The molecule has 1 aromatic carbocycles. The molecule has 0 saturated heterocycles. The van der Waals surface area contributed by atoms with Crippen LogP contribution in [0.1, 0.15) is 17.5 Å². The second kappa shape index (κ2) is 7.05. The standard InChI is InChI=1S/C13H16N2O4S/c1-10-4-5-11(3-2-8-16)9-12(10)20(18,19)15-7-6-13(14)17/h4-5,9,15-16H,6-8H2,1H3,(H2,14,17). The Morgan fingerprint density at radius 2 is 2.15 bits per heavy atom. The molecule has 0 aliphatic heterocycles. The molecule has 0 aliphatic carbocycles. The van der Waals surface area contributed by atoms with Gasteiger partial charge >= 0.3 is 0 Å². The fraction of sp³-hybridized carbons (Fsp3) is 0.308. The van der Waals surface area contributed by atoms with Crippen LogP contribution in [0.5, 0.6) is 0 Å². The second-order valence-electron chi connectivity index (χ2n) is 4.05. The van der Waals surface area contributed by atoms with E-state index >= 15 is 0 Å². The molecule has 0 spiro atoms. The first-order valence-electron chi connectivity index (χ1n) is 5.85. The number of aliphatic hydroxyl groups excluding tert-OH is 1. The van der Waals surface area contributed by atoms with Gasteiger partial charge in [-0.3, -0.25) is 4.79 Å². The van der Waals surface area contributed by atoms with Gasteiger partial charge in [0.2, 0.25) is 15.9 Å². The average molecular weight is 296 g/mol. The molecular weight excluding hydrogens is 280 g/mol. The zero-order valence-electron chi connectivity index (χ0n) is 11.0. The third kappa shape index (κ3) is 4.66. The van der Waals surface area contributed by atoms with Crippen LogP contribution < -0.4 is 10.5 Å². The van der Waals surface area contributed by atoms with Crippen molar-refractivity contribution < 1.29 is 18.3 Å². The highest BCUT2D eigenvalue weighted by molar-refractivity contribution is 7.89. The van der Waals surface area contributed by atoms with Crippen molar-refractivity contribution in [1.29, 1.82) is 0 Å². The Morgan fingerprint density at radius 1 is 1.45 bits per heavy atom. The van der Waals surface area contributed by atoms with Crippen LogP contribution in [0.4, 0.5) is 0 Å². The molecule has 1 rings (SSSR count). The average Bonchev–Trinajstić information content (AvgIpc) is 2.36. The Bertz CT molecular complexity index is 657. The van der Waals surface area contributed by atoms with Gasteiger partial charge in [0.05, 0.1) is 4.90 Å². The summed E-state index contributed by atoms with van der Waals surface area (Å²) in [5.41, 5.74) is 6.00. The Kier molecular flexibility index (Phi) is 5.70. The van der Waals surface area contributed by atoms with E-state index in [-0.39, 0.29) is 24.5 Å². The van der Waals surface area contributed by atoms with Gasteiger partial charge in [0.1, 0.15) is 6.61 Å². The van der Waals surface area contributed by atoms with Crippen molar-refractivity contribution in [1.82, 2.24) is 4.72 Å². The molecule has 0 heterocycles. The maximum absolute atomic E-state index is 12.1. The molecule has 108 valence electrons. The summed E-state index contributed by atoms with van der Waals surface area (Å²) in [7, 11) is -3.72. The number of nitrogens with one attached hydrogen (secondary N) is 1. The summed E-state index contributed by atoms with van der Waals surface area (Å²) in [5.74, 6) is 4.52. The quantitative estimate of drug-likeness (QED) is 0.636. The van der Waals surface area contributed by atoms with Crippen LogP contribution in [-0.4, -0.2) is 32.6 Å². The fourth-order valence-corrected chi connectivity index (χ4v) is 2.80. The van der Waals surface area contributed by atoms with Crippen LogP contribution >= 0.6 is 0 Å². The van der Waals surface area contributed by atoms with Crippen molar-refractivity contribution in [2.45, 2.75) is 18.2 Å². The van der Waals surface area contributed by atoms with Crippen molar-refractivity contribution in [2.75, 3.05) is 13.2 Å². The van der Waals surface area contributed by atoms with Gasteiger partial charge in [-0.1, -0.05) is 17.9 Å². The van der Waals surface area contributed by atoms with Gasteiger partial charge in [0.15, 0.2) is 0 Å². The van der Waals surface area contributed by atoms with Gasteiger partial charge in [-0.2, -0.15) is 0 Å². The summed E-state index contributed by atoms with van der Waals surface area (Å²) < 4.78 is 26.5. The lowest BCUT2D eigenvalue weighted by molar-refractivity contribution is -0.117. The third-order valence-corrected chi connectivity index (χ3v) is 4.06. The Hall–Kier alpha value is -1.88. The van der Waals surface area contributed by atoms with Crippen LogP contribution in [0.25, 0.3) is 0 Å². The molecule has 6 nitrogen and oxygen atoms in total. The number of sulfonamides is 1. The predicted octanol–water partition coefficient (Wildman–Crippen LogP) is -0.507. The molecule has 0 fully saturated rings. The monoisotopic (exact) mass is 296 g/mol. The summed E-state index contributed by atoms with van der Waals surface area (Å²) in [6, 6.07) is 4.72. The summed E-state index contributed by atoms with van der Waals surface area (Å²) in [6.45, 7) is 1.31. The molecule has 0 unspecified atom stereocenters. The van der Waals surface area contributed by atoms with Crippen LogP contribution in [0.2, 0.25) is 0 Å². The van der Waals surface area contributed by atoms with Gasteiger partial charge in [-0.05, 0) is 24.6 Å². The highest BCUT2D eigenvalue weighted by Crippen LogP contribution is 2.16. The van der Waals surface area contributed by atoms with Crippen molar-refractivity contribution in [3.05, 3.63) is 29.3 Å². The van der Waals surface area contributed by atoms with Gasteiger partial charge in [0.25, 0.3) is 0 Å². The normalized spacial score (nSPS) is 10.7. The highest BCUT2D eigenvalue weighted by atomic mass is 32.2. The first-order chi connectivity index (χ1) is 9.36. The number of rotatable bonds is 5. The molecule has 1 aromatic rings. The SMILES string of the molecule is Cc1ccc(C#CCO)cc1S(=O)(=O)NCCC(N)=O. The summed E-state index contributed by atoms with van der Waals surface area (Å²) in [6.07, 6.45) is -0.0672. The Labute approximate surface area is 118 Å². The molecule has 1 amide bonds. The van der Waals surface area contributed by atoms with Crippen molar-refractivity contribution in [3.63, 3.8) is 0 Å². The van der Waals surface area contributed by atoms with E-state index in [2.05, 4.69) is 16.6 Å². The van der Waals surface area contributed by atoms with E-state index in [1.54, 1.807) is 19.1 Å². The number of benzene rings is 1. The zero-order chi connectivity index (χ0) is 15.2. The fourth-order valence-electron chi connectivity index (χ4n) is 1.50. The number of hydrogen-bond donors (Lipinski definition) is 3. The highest BCUT2D eigenvalue weighted by Gasteiger charge is 2.16. The number of carbonyl (C=O) groups is 1. The van der Waals surface area contributed by atoms with E-state index in [0.29, 0.717) is 11.1 Å². The first kappa shape index (κ1) is 16.2. The smallest absolute Gasteiger partial charge is 0.240 e. The van der Waals surface area contributed by atoms with Gasteiger partial charge in [-0.25, -0.2) is 13.1 Å². The van der Waals surface area contributed by atoms with Crippen LogP contribution in [0.15, 0.2) is 23.1 Å². The molecule has 0 bridgehead atoms. The number of hydrogen-bond acceptors (Lipinski definition) is 4. The van der Waals surface area contributed by atoms with Gasteiger partial charge in [0, 0.05) is 18.5 Å². The number of aliphatic hydroxyl groups is 1. The molecule has 4 N–H and O–H groups in total. The molecule has 0 aliphatic rings. The summed E-state index contributed by atoms with van der Waals surface area (Å²) >= 11 is 0. The summed E-state index contributed by atoms with van der Waals surface area (Å²) in [5, 5.41) is 8.63. The third-order valence-electron chi connectivity index (χ3n) is 2.45. The van der Waals surface area contributed by atoms with Crippen LogP contribution in [0.3, 0.4) is 0 Å². The van der Waals surface area contributed by atoms with Crippen molar-refractivity contribution >= 4 is 15.9 Å². The first-order valence-corrected chi connectivity index (χ1v) is 7.33. The summed E-state index contributed by atoms with van der Waals surface area (Å²) in [4.78, 5) is 10.7. The molecule has 0 radical (unpaired) electrons. The minimum atomic E-state index is -3.72. The molecular formula is C13H16N2O4S. The Balaban J connectivity index is 3.01. The maximum atomic E-state index is 12.1. The molecule has 7 heteroatoms. The second-order valence-corrected chi connectivity index (χ2v) is 5.79. The lowest BCUT2D eigenvalue weighted by Crippen LogP contribution is -2.28. The van der Waals surface area contributed by atoms with Crippen molar-refractivity contribution in [3.8, 4) is 11.8 Å². The molecule has 0 saturated carbocycles. The topological polar surface area (TPSA) is 109 Å². The Morgan fingerprint density at radius 3 is 2.75 bits per heavy atom. The maximum Gasteiger partial charge on any atom is 0.240 e. The minimum Gasteiger partial charge on any atom is -0.384 e. The zero-order valence-corrected chi connectivity index (χ0v) is 11.8.